The Kier molecular flexibility index (Phi) is 6.79. The Balaban J connectivity index is 1.36. The molecule has 1 aliphatic rings. The van der Waals surface area contributed by atoms with Crippen molar-refractivity contribution in [2.24, 2.45) is 0 Å². The number of nitrogens with zero attached hydrogens (tertiary/aromatic N) is 4. The molecule has 1 fully saturated rings. The van der Waals surface area contributed by atoms with Gasteiger partial charge in [-0.05, 0) is 81.3 Å². The molecular weight excluding hydrogens is 488 g/mol. The number of hydrogen-bond acceptors (Lipinski definition) is 5. The maximum absolute atomic E-state index is 5.02. The molecule has 0 bridgehead atoms. The molecule has 7 heteroatoms. The van der Waals surface area contributed by atoms with Gasteiger partial charge in [0, 0.05) is 27.2 Å². The number of hydrogen-bond donors (Lipinski definition) is 2. The van der Waals surface area contributed by atoms with Crippen LogP contribution in [0.15, 0.2) is 73.0 Å². The maximum atomic E-state index is 5.02. The molecule has 0 aliphatic carbocycles. The van der Waals surface area contributed by atoms with Gasteiger partial charge in [-0.1, -0.05) is 37.3 Å². The van der Waals surface area contributed by atoms with E-state index in [0.29, 0.717) is 0 Å². The summed E-state index contributed by atoms with van der Waals surface area (Å²) in [5.41, 5.74) is 7.97. The van der Waals surface area contributed by atoms with Crippen molar-refractivity contribution in [2.75, 3.05) is 19.6 Å². The van der Waals surface area contributed by atoms with Gasteiger partial charge in [-0.25, -0.2) is 4.98 Å². The fourth-order valence-electron chi connectivity index (χ4n) is 5.23. The number of aromatic amines is 2. The summed E-state index contributed by atoms with van der Waals surface area (Å²) in [5, 5.41) is 8.77. The van der Waals surface area contributed by atoms with Crippen molar-refractivity contribution in [1.82, 2.24) is 30.0 Å². The second-order valence-corrected chi connectivity index (χ2v) is 11.2. The molecule has 4 aromatic heterocycles. The van der Waals surface area contributed by atoms with Crippen molar-refractivity contribution < 1.29 is 0 Å². The van der Waals surface area contributed by atoms with Gasteiger partial charge in [0.15, 0.2) is 5.82 Å². The van der Waals surface area contributed by atoms with E-state index in [1.807, 2.05) is 12.3 Å². The number of piperidine rings is 1. The van der Waals surface area contributed by atoms with Crippen LogP contribution in [-0.2, 0) is 0 Å². The first-order valence-electron chi connectivity index (χ1n) is 13.2. The number of thiophene rings is 1. The van der Waals surface area contributed by atoms with Crippen molar-refractivity contribution in [3.05, 3.63) is 83.5 Å². The van der Waals surface area contributed by atoms with Crippen LogP contribution in [0.5, 0.6) is 0 Å². The number of benzene rings is 1. The molecule has 6 rings (SSSR count). The smallest absolute Gasteiger partial charge is 0.159 e. The van der Waals surface area contributed by atoms with Gasteiger partial charge in [-0.15, -0.1) is 11.3 Å². The van der Waals surface area contributed by atoms with Crippen LogP contribution in [-0.4, -0.2) is 49.7 Å². The second kappa shape index (κ2) is 10.5. The highest BCUT2D eigenvalue weighted by Crippen LogP contribution is 2.35. The lowest BCUT2D eigenvalue weighted by atomic mass is 10.0. The SMILES string of the molecule is C=C/C(=C\C(=C/C)c1cc2c(-c3nc4c(-c5ccc(C)s5)cccc4[nH]3)n[nH]c2cn1)CN1CCCCC1. The molecule has 38 heavy (non-hydrogen) atoms. The highest BCUT2D eigenvalue weighted by molar-refractivity contribution is 7.15. The van der Waals surface area contributed by atoms with Crippen molar-refractivity contribution in [3.63, 3.8) is 0 Å². The van der Waals surface area contributed by atoms with Crippen LogP contribution < -0.4 is 0 Å². The summed E-state index contributed by atoms with van der Waals surface area (Å²) in [6.07, 6.45) is 12.1. The number of aromatic nitrogens is 5. The van der Waals surface area contributed by atoms with E-state index in [9.17, 15) is 0 Å². The average Bonchev–Trinajstić information content (AvgIpc) is 3.68. The molecule has 1 aliphatic heterocycles. The van der Waals surface area contributed by atoms with Gasteiger partial charge < -0.3 is 4.98 Å². The third-order valence-corrected chi connectivity index (χ3v) is 8.29. The average molecular weight is 521 g/mol. The molecule has 5 heterocycles. The van der Waals surface area contributed by atoms with Crippen LogP contribution in [0.3, 0.4) is 0 Å². The molecule has 0 atom stereocenters. The quantitative estimate of drug-likeness (QED) is 0.217. The lowest BCUT2D eigenvalue weighted by molar-refractivity contribution is 0.248. The summed E-state index contributed by atoms with van der Waals surface area (Å²) < 4.78 is 0. The van der Waals surface area contributed by atoms with Gasteiger partial charge in [0.2, 0.25) is 0 Å². The highest BCUT2D eigenvalue weighted by Gasteiger charge is 2.17. The molecule has 192 valence electrons. The molecule has 6 nitrogen and oxygen atoms in total. The Morgan fingerprint density at radius 2 is 2.00 bits per heavy atom. The van der Waals surface area contributed by atoms with E-state index in [0.717, 1.165) is 69.9 Å². The predicted molar refractivity (Wildman–Crippen MR) is 159 cm³/mol. The van der Waals surface area contributed by atoms with Gasteiger partial charge in [0.25, 0.3) is 0 Å². The van der Waals surface area contributed by atoms with E-state index in [-0.39, 0.29) is 0 Å². The van der Waals surface area contributed by atoms with E-state index in [1.54, 1.807) is 11.3 Å². The van der Waals surface area contributed by atoms with Gasteiger partial charge in [-0.3, -0.25) is 15.0 Å². The normalized spacial score (nSPS) is 15.5. The Morgan fingerprint density at radius 1 is 1.13 bits per heavy atom. The molecule has 2 N–H and O–H groups in total. The highest BCUT2D eigenvalue weighted by atomic mass is 32.1. The largest absolute Gasteiger partial charge is 0.337 e. The number of fused-ring (bicyclic) bond motifs is 2. The van der Waals surface area contributed by atoms with E-state index >= 15 is 0 Å². The monoisotopic (exact) mass is 520 g/mol. The third-order valence-electron chi connectivity index (χ3n) is 7.25. The number of H-pyrrole nitrogens is 2. The Bertz CT molecular complexity index is 1680. The molecule has 0 amide bonds. The molecule has 1 saturated heterocycles. The van der Waals surface area contributed by atoms with Crippen LogP contribution in [0.4, 0.5) is 0 Å². The summed E-state index contributed by atoms with van der Waals surface area (Å²) in [6, 6.07) is 12.7. The molecular formula is C31H32N6S. The van der Waals surface area contributed by atoms with Crippen LogP contribution in [0, 0.1) is 6.92 Å². The second-order valence-electron chi connectivity index (χ2n) is 9.89. The summed E-state index contributed by atoms with van der Waals surface area (Å²) in [5.74, 6) is 0.749. The minimum absolute atomic E-state index is 0.749. The number of allylic oxidation sites excluding steroid dienone is 3. The fraction of sp³-hybridized carbons (Fsp3) is 0.258. The topological polar surface area (TPSA) is 73.5 Å². The first-order chi connectivity index (χ1) is 18.6. The zero-order chi connectivity index (χ0) is 26.1. The first kappa shape index (κ1) is 24.5. The number of likely N-dealkylation sites (tertiary alicyclic amines) is 1. The van der Waals surface area contributed by atoms with Crippen LogP contribution in [0.1, 0.15) is 36.8 Å². The van der Waals surface area contributed by atoms with Crippen molar-refractivity contribution in [3.8, 4) is 22.0 Å². The van der Waals surface area contributed by atoms with E-state index in [1.165, 1.54) is 34.6 Å². The van der Waals surface area contributed by atoms with Crippen molar-refractivity contribution in [2.45, 2.75) is 33.1 Å². The number of nitrogens with one attached hydrogen (secondary N) is 2. The predicted octanol–water partition coefficient (Wildman–Crippen LogP) is 7.54. The Labute approximate surface area is 226 Å². The lowest BCUT2D eigenvalue weighted by Crippen LogP contribution is -2.31. The number of aryl methyl sites for hydroxylation is 1. The number of rotatable bonds is 7. The summed E-state index contributed by atoms with van der Waals surface area (Å²) in [7, 11) is 0. The first-order valence-corrected chi connectivity index (χ1v) is 14.1. The summed E-state index contributed by atoms with van der Waals surface area (Å²) >= 11 is 1.78. The molecule has 0 unspecified atom stereocenters. The van der Waals surface area contributed by atoms with Crippen molar-refractivity contribution >= 4 is 38.8 Å². The molecule has 0 spiro atoms. The van der Waals surface area contributed by atoms with Gasteiger partial charge in [-0.2, -0.15) is 5.10 Å². The van der Waals surface area contributed by atoms with Gasteiger partial charge in [0.05, 0.1) is 28.4 Å². The Morgan fingerprint density at radius 3 is 2.76 bits per heavy atom. The van der Waals surface area contributed by atoms with Gasteiger partial charge in [0.1, 0.15) is 5.69 Å². The number of pyridine rings is 1. The van der Waals surface area contributed by atoms with Crippen LogP contribution in [0.25, 0.3) is 49.5 Å². The zero-order valence-electron chi connectivity index (χ0n) is 21.9. The molecule has 0 radical (unpaired) electrons. The minimum Gasteiger partial charge on any atom is -0.337 e. The third kappa shape index (κ3) is 4.75. The van der Waals surface area contributed by atoms with Gasteiger partial charge >= 0.3 is 0 Å². The fourth-order valence-corrected chi connectivity index (χ4v) is 6.12. The van der Waals surface area contributed by atoms with E-state index in [2.05, 4.69) is 89.1 Å². The van der Waals surface area contributed by atoms with Crippen LogP contribution in [0.2, 0.25) is 0 Å². The lowest BCUT2D eigenvalue weighted by Gasteiger charge is -2.26. The summed E-state index contributed by atoms with van der Waals surface area (Å²) in [6.45, 7) is 11.5. The Hall–Kier alpha value is -3.81. The number of imidazole rings is 1. The number of para-hydroxylation sites is 1. The van der Waals surface area contributed by atoms with E-state index < -0.39 is 0 Å². The standard InChI is InChI=1S/C31H32N6S/c1-4-21(19-37-14-7-6-8-15-37)16-22(5-2)26-17-24-27(18-32-26)35-36-30(24)31-33-25-11-9-10-23(29(25)34-31)28-13-12-20(3)38-28/h4-5,9-13,16-18H,1,6-8,14-15,19H2,2-3H3,(H,33,34)(H,35,36)/b21-16+,22-5+. The maximum Gasteiger partial charge on any atom is 0.159 e. The van der Waals surface area contributed by atoms with Crippen LogP contribution >= 0.6 is 11.3 Å². The van der Waals surface area contributed by atoms with Crippen molar-refractivity contribution in [1.29, 1.82) is 0 Å². The zero-order valence-corrected chi connectivity index (χ0v) is 22.7. The molecule has 0 saturated carbocycles. The van der Waals surface area contributed by atoms with E-state index in [4.69, 9.17) is 9.97 Å². The minimum atomic E-state index is 0.749. The molecule has 5 aromatic rings. The summed E-state index contributed by atoms with van der Waals surface area (Å²) in [4.78, 5) is 18.3. The molecule has 1 aromatic carbocycles.